The number of nitrogens with zero attached hydrogens (tertiary/aromatic N) is 2. The summed E-state index contributed by atoms with van der Waals surface area (Å²) in [5.41, 5.74) is 2.41. The van der Waals surface area contributed by atoms with Gasteiger partial charge in [-0.05, 0) is 42.6 Å². The highest BCUT2D eigenvalue weighted by Crippen LogP contribution is 2.31. The molecule has 0 N–H and O–H groups in total. The van der Waals surface area contributed by atoms with E-state index in [4.69, 9.17) is 0 Å². The first kappa shape index (κ1) is 10.2. The lowest BCUT2D eigenvalue weighted by atomic mass is 9.95. The second-order valence-corrected chi connectivity index (χ2v) is 5.01. The molecule has 0 aliphatic heterocycles. The van der Waals surface area contributed by atoms with Crippen LogP contribution in [0.1, 0.15) is 49.5 Å². The van der Waals surface area contributed by atoms with Gasteiger partial charge in [0, 0.05) is 0 Å². The monoisotopic (exact) mass is 256 g/mol. The Morgan fingerprint density at radius 3 is 2.36 bits per heavy atom. The number of hydrogen-bond donors (Lipinski definition) is 0. The van der Waals surface area contributed by atoms with E-state index in [9.17, 15) is 0 Å². The first-order valence-corrected chi connectivity index (χ1v) is 6.20. The lowest BCUT2D eigenvalue weighted by Gasteiger charge is -2.23. The zero-order valence-electron chi connectivity index (χ0n) is 8.89. The third-order valence-corrected chi connectivity index (χ3v) is 4.30. The van der Waals surface area contributed by atoms with Crippen molar-refractivity contribution < 1.29 is 0 Å². The third kappa shape index (κ3) is 1.74. The van der Waals surface area contributed by atoms with Crippen LogP contribution in [-0.2, 0) is 0 Å². The van der Waals surface area contributed by atoms with Crippen molar-refractivity contribution in [1.82, 2.24) is 9.78 Å². The molecule has 14 heavy (non-hydrogen) atoms. The van der Waals surface area contributed by atoms with E-state index < -0.39 is 0 Å². The summed E-state index contributed by atoms with van der Waals surface area (Å²) in [6.07, 6.45) is 6.72. The van der Waals surface area contributed by atoms with Gasteiger partial charge in [0.25, 0.3) is 0 Å². The standard InChI is InChI=1S/C11H17BrN2/c1-8-11(12)9(2)14(13-8)10-6-4-3-5-7-10/h10H,3-7H2,1-2H3. The highest BCUT2D eigenvalue weighted by atomic mass is 79.9. The number of rotatable bonds is 1. The van der Waals surface area contributed by atoms with Crippen LogP contribution in [0.2, 0.25) is 0 Å². The van der Waals surface area contributed by atoms with Gasteiger partial charge in [-0.15, -0.1) is 0 Å². The maximum atomic E-state index is 4.60. The van der Waals surface area contributed by atoms with Gasteiger partial charge in [-0.3, -0.25) is 4.68 Å². The number of aryl methyl sites for hydroxylation is 1. The molecule has 2 rings (SSSR count). The molecule has 1 aliphatic carbocycles. The number of hydrogen-bond acceptors (Lipinski definition) is 1. The van der Waals surface area contributed by atoms with Crippen molar-refractivity contribution in [3.8, 4) is 0 Å². The van der Waals surface area contributed by atoms with Gasteiger partial charge in [0.2, 0.25) is 0 Å². The Kier molecular flexibility index (Phi) is 2.96. The molecule has 2 nitrogen and oxygen atoms in total. The molecule has 1 heterocycles. The van der Waals surface area contributed by atoms with Crippen LogP contribution >= 0.6 is 15.9 Å². The van der Waals surface area contributed by atoms with Crippen molar-refractivity contribution in [1.29, 1.82) is 0 Å². The molecular weight excluding hydrogens is 240 g/mol. The van der Waals surface area contributed by atoms with Crippen molar-refractivity contribution >= 4 is 15.9 Å². The van der Waals surface area contributed by atoms with Crippen molar-refractivity contribution in [3.63, 3.8) is 0 Å². The quantitative estimate of drug-likeness (QED) is 0.748. The van der Waals surface area contributed by atoms with Crippen LogP contribution in [-0.4, -0.2) is 9.78 Å². The normalized spacial score (nSPS) is 18.8. The zero-order valence-corrected chi connectivity index (χ0v) is 10.5. The lowest BCUT2D eigenvalue weighted by Crippen LogP contribution is -2.15. The molecular formula is C11H17BrN2. The minimum atomic E-state index is 0.647. The summed E-state index contributed by atoms with van der Waals surface area (Å²) >= 11 is 3.58. The van der Waals surface area contributed by atoms with Gasteiger partial charge in [-0.1, -0.05) is 19.3 Å². The minimum Gasteiger partial charge on any atom is -0.265 e. The van der Waals surface area contributed by atoms with Gasteiger partial charge < -0.3 is 0 Å². The summed E-state index contributed by atoms with van der Waals surface area (Å²) in [5.74, 6) is 0. The minimum absolute atomic E-state index is 0.647. The molecule has 1 aliphatic rings. The molecule has 0 saturated heterocycles. The van der Waals surface area contributed by atoms with Gasteiger partial charge in [0.05, 0.1) is 21.9 Å². The number of aromatic nitrogens is 2. The molecule has 1 aromatic rings. The topological polar surface area (TPSA) is 17.8 Å². The fourth-order valence-electron chi connectivity index (χ4n) is 2.32. The van der Waals surface area contributed by atoms with Gasteiger partial charge in [0.15, 0.2) is 0 Å². The maximum Gasteiger partial charge on any atom is 0.0738 e. The van der Waals surface area contributed by atoms with Crippen LogP contribution < -0.4 is 0 Å². The maximum absolute atomic E-state index is 4.60. The average Bonchev–Trinajstić information content (AvgIpc) is 2.47. The van der Waals surface area contributed by atoms with Crippen LogP contribution in [0.25, 0.3) is 0 Å². The fourth-order valence-corrected chi connectivity index (χ4v) is 2.58. The first-order valence-electron chi connectivity index (χ1n) is 5.41. The first-order chi connectivity index (χ1) is 6.70. The van der Waals surface area contributed by atoms with Crippen molar-refractivity contribution in [3.05, 3.63) is 15.9 Å². The van der Waals surface area contributed by atoms with E-state index >= 15 is 0 Å². The summed E-state index contributed by atoms with van der Waals surface area (Å²) < 4.78 is 3.40. The highest BCUT2D eigenvalue weighted by Gasteiger charge is 2.19. The van der Waals surface area contributed by atoms with E-state index in [0.29, 0.717) is 6.04 Å². The predicted molar refractivity (Wildman–Crippen MR) is 61.5 cm³/mol. The summed E-state index contributed by atoms with van der Waals surface area (Å²) in [6, 6.07) is 0.647. The molecule has 0 amide bonds. The molecule has 0 atom stereocenters. The van der Waals surface area contributed by atoms with E-state index in [1.807, 2.05) is 0 Å². The second-order valence-electron chi connectivity index (χ2n) is 4.22. The van der Waals surface area contributed by atoms with Crippen molar-refractivity contribution in [2.24, 2.45) is 0 Å². The van der Waals surface area contributed by atoms with Gasteiger partial charge in [0.1, 0.15) is 0 Å². The molecule has 1 fully saturated rings. The summed E-state index contributed by atoms with van der Waals surface area (Å²) in [6.45, 7) is 4.22. The summed E-state index contributed by atoms with van der Waals surface area (Å²) in [7, 11) is 0. The van der Waals surface area contributed by atoms with Crippen molar-refractivity contribution in [2.45, 2.75) is 52.0 Å². The zero-order chi connectivity index (χ0) is 10.1. The average molecular weight is 257 g/mol. The SMILES string of the molecule is Cc1nn(C2CCCCC2)c(C)c1Br. The second kappa shape index (κ2) is 4.05. The smallest absolute Gasteiger partial charge is 0.0738 e. The van der Waals surface area contributed by atoms with Crippen LogP contribution in [0.4, 0.5) is 0 Å². The molecule has 0 bridgehead atoms. The summed E-state index contributed by atoms with van der Waals surface area (Å²) in [5, 5.41) is 4.60. The van der Waals surface area contributed by atoms with E-state index in [1.54, 1.807) is 0 Å². The van der Waals surface area contributed by atoms with E-state index in [1.165, 1.54) is 42.3 Å². The Hall–Kier alpha value is -0.310. The third-order valence-electron chi connectivity index (χ3n) is 3.16. The number of halogens is 1. The Morgan fingerprint density at radius 2 is 1.86 bits per heavy atom. The molecule has 0 radical (unpaired) electrons. The van der Waals surface area contributed by atoms with E-state index in [0.717, 1.165) is 5.69 Å². The molecule has 0 aromatic carbocycles. The molecule has 0 spiro atoms. The molecule has 0 unspecified atom stereocenters. The summed E-state index contributed by atoms with van der Waals surface area (Å²) in [4.78, 5) is 0. The van der Waals surface area contributed by atoms with Gasteiger partial charge >= 0.3 is 0 Å². The Bertz CT molecular complexity index is 324. The highest BCUT2D eigenvalue weighted by molar-refractivity contribution is 9.10. The van der Waals surface area contributed by atoms with Crippen LogP contribution in [0, 0.1) is 13.8 Å². The lowest BCUT2D eigenvalue weighted by molar-refractivity contribution is 0.324. The van der Waals surface area contributed by atoms with E-state index in [2.05, 4.69) is 39.6 Å². The fraction of sp³-hybridized carbons (Fsp3) is 0.727. The Balaban J connectivity index is 2.26. The Labute approximate surface area is 93.8 Å². The molecule has 1 aromatic heterocycles. The van der Waals surface area contributed by atoms with Crippen LogP contribution in [0.5, 0.6) is 0 Å². The molecule has 1 saturated carbocycles. The van der Waals surface area contributed by atoms with Crippen molar-refractivity contribution in [2.75, 3.05) is 0 Å². The van der Waals surface area contributed by atoms with E-state index in [-0.39, 0.29) is 0 Å². The van der Waals surface area contributed by atoms with Crippen LogP contribution in [0.15, 0.2) is 4.47 Å². The predicted octanol–water partition coefficient (Wildman–Crippen LogP) is 3.77. The molecule has 78 valence electrons. The molecule has 3 heteroatoms. The van der Waals surface area contributed by atoms with Gasteiger partial charge in [-0.25, -0.2) is 0 Å². The largest absolute Gasteiger partial charge is 0.265 e. The Morgan fingerprint density at radius 1 is 1.21 bits per heavy atom. The van der Waals surface area contributed by atoms with Crippen LogP contribution in [0.3, 0.4) is 0 Å². The van der Waals surface area contributed by atoms with Gasteiger partial charge in [-0.2, -0.15) is 5.10 Å².